The molecule has 3 aromatic heterocycles. The van der Waals surface area contributed by atoms with Crippen LogP contribution in [0, 0.1) is 20.8 Å². The van der Waals surface area contributed by atoms with E-state index in [4.69, 9.17) is 9.47 Å². The van der Waals surface area contributed by atoms with E-state index >= 15 is 0 Å². The van der Waals surface area contributed by atoms with Crippen LogP contribution in [0.1, 0.15) is 27.2 Å². The Morgan fingerprint density at radius 3 is 2.74 bits per heavy atom. The number of amides is 1. The van der Waals surface area contributed by atoms with Crippen molar-refractivity contribution < 1.29 is 14.3 Å². The minimum Gasteiger partial charge on any atom is -0.454 e. The molecule has 1 amide bonds. The van der Waals surface area contributed by atoms with Crippen molar-refractivity contribution in [3.05, 3.63) is 77.4 Å². The predicted octanol–water partition coefficient (Wildman–Crippen LogP) is 3.91. The second kappa shape index (κ2) is 7.94. The number of hydrogen-bond acceptors (Lipinski definition) is 7. The normalized spacial score (nSPS) is 12.3. The summed E-state index contributed by atoms with van der Waals surface area (Å²) in [5.41, 5.74) is 5.03. The van der Waals surface area contributed by atoms with E-state index in [-0.39, 0.29) is 12.7 Å². The van der Waals surface area contributed by atoms with Crippen molar-refractivity contribution in [3.63, 3.8) is 0 Å². The van der Waals surface area contributed by atoms with Gasteiger partial charge in [-0.25, -0.2) is 14.6 Å². The van der Waals surface area contributed by atoms with Crippen LogP contribution >= 0.6 is 0 Å². The average molecular weight is 467 g/mol. The van der Waals surface area contributed by atoms with Crippen LogP contribution in [0.2, 0.25) is 0 Å². The number of nitrogens with zero attached hydrogens (tertiary/aromatic N) is 6. The average Bonchev–Trinajstić information content (AvgIpc) is 3.58. The molecule has 174 valence electrons. The summed E-state index contributed by atoms with van der Waals surface area (Å²) in [6.07, 6.45) is 3.19. The number of anilines is 1. The van der Waals surface area contributed by atoms with E-state index in [2.05, 4.69) is 45.4 Å². The van der Waals surface area contributed by atoms with Gasteiger partial charge in [-0.05, 0) is 56.2 Å². The van der Waals surface area contributed by atoms with Crippen LogP contribution in [0.15, 0.2) is 55.0 Å². The van der Waals surface area contributed by atoms with Crippen molar-refractivity contribution in [1.29, 1.82) is 0 Å². The lowest BCUT2D eigenvalue weighted by Crippen LogP contribution is -2.15. The zero-order valence-corrected chi connectivity index (χ0v) is 19.3. The summed E-state index contributed by atoms with van der Waals surface area (Å²) in [6, 6.07) is 12.9. The minimum atomic E-state index is -0.305. The third kappa shape index (κ3) is 3.46. The highest BCUT2D eigenvalue weighted by atomic mass is 16.7. The zero-order valence-electron chi connectivity index (χ0n) is 19.3. The molecule has 2 aromatic carbocycles. The Morgan fingerprint density at radius 2 is 1.86 bits per heavy atom. The van der Waals surface area contributed by atoms with Crippen molar-refractivity contribution in [3.8, 4) is 23.0 Å². The molecule has 6 rings (SSSR count). The fourth-order valence-electron chi connectivity index (χ4n) is 4.12. The van der Waals surface area contributed by atoms with E-state index in [0.29, 0.717) is 39.7 Å². The van der Waals surface area contributed by atoms with Gasteiger partial charge in [0.25, 0.3) is 5.91 Å². The van der Waals surface area contributed by atoms with Gasteiger partial charge in [0.1, 0.15) is 12.1 Å². The molecule has 0 saturated heterocycles. The molecular weight excluding hydrogens is 446 g/mol. The van der Waals surface area contributed by atoms with E-state index in [1.807, 2.05) is 19.1 Å². The highest BCUT2D eigenvalue weighted by Gasteiger charge is 2.20. The summed E-state index contributed by atoms with van der Waals surface area (Å²) in [7, 11) is 0. The number of benzene rings is 2. The van der Waals surface area contributed by atoms with Crippen LogP contribution in [-0.4, -0.2) is 42.2 Å². The van der Waals surface area contributed by atoms with Gasteiger partial charge >= 0.3 is 0 Å². The topological polar surface area (TPSA) is 109 Å². The fraction of sp³-hybridized carbons (Fsp3) is 0.160. The third-order valence-electron chi connectivity index (χ3n) is 6.06. The molecule has 0 aliphatic carbocycles. The number of ether oxygens (including phenoxy) is 2. The number of nitrogens with one attached hydrogen (secondary N) is 1. The lowest BCUT2D eigenvalue weighted by atomic mass is 10.1. The van der Waals surface area contributed by atoms with Gasteiger partial charge in [-0.2, -0.15) is 14.9 Å². The Balaban J connectivity index is 1.40. The molecule has 1 aliphatic rings. The van der Waals surface area contributed by atoms with Crippen molar-refractivity contribution >= 4 is 22.8 Å². The van der Waals surface area contributed by atoms with Crippen molar-refractivity contribution in [2.24, 2.45) is 0 Å². The van der Waals surface area contributed by atoms with Gasteiger partial charge in [0, 0.05) is 11.6 Å². The van der Waals surface area contributed by atoms with Gasteiger partial charge in [0.15, 0.2) is 23.0 Å². The van der Waals surface area contributed by atoms with Crippen LogP contribution < -0.4 is 14.8 Å². The Kier molecular flexibility index (Phi) is 4.73. The summed E-state index contributed by atoms with van der Waals surface area (Å²) in [6.45, 7) is 6.12. The summed E-state index contributed by atoms with van der Waals surface area (Å²) >= 11 is 0. The largest absolute Gasteiger partial charge is 0.454 e. The number of aryl methyl sites for hydroxylation is 2. The van der Waals surface area contributed by atoms with Crippen LogP contribution in [0.4, 0.5) is 5.82 Å². The minimum absolute atomic E-state index is 0.145. The molecule has 0 radical (unpaired) electrons. The van der Waals surface area contributed by atoms with Crippen LogP contribution in [-0.2, 0) is 0 Å². The van der Waals surface area contributed by atoms with E-state index in [1.54, 1.807) is 39.8 Å². The first-order chi connectivity index (χ1) is 17.0. The maximum Gasteiger partial charge on any atom is 0.256 e. The van der Waals surface area contributed by atoms with E-state index < -0.39 is 0 Å². The third-order valence-corrected chi connectivity index (χ3v) is 6.06. The first-order valence-corrected chi connectivity index (χ1v) is 11.0. The smallest absolute Gasteiger partial charge is 0.256 e. The second-order valence-corrected chi connectivity index (χ2v) is 8.31. The van der Waals surface area contributed by atoms with Gasteiger partial charge in [0.05, 0.1) is 23.0 Å². The van der Waals surface area contributed by atoms with E-state index in [1.165, 1.54) is 6.33 Å². The predicted molar refractivity (Wildman–Crippen MR) is 129 cm³/mol. The molecule has 0 bridgehead atoms. The molecule has 4 heterocycles. The van der Waals surface area contributed by atoms with Crippen molar-refractivity contribution in [2.75, 3.05) is 12.1 Å². The lowest BCUT2D eigenvalue weighted by molar-refractivity contribution is 0.102. The van der Waals surface area contributed by atoms with Crippen LogP contribution in [0.5, 0.6) is 11.5 Å². The molecule has 35 heavy (non-hydrogen) atoms. The molecule has 5 aromatic rings. The van der Waals surface area contributed by atoms with Gasteiger partial charge in [0.2, 0.25) is 6.79 Å². The highest BCUT2D eigenvalue weighted by molar-refractivity contribution is 6.04. The molecular formula is C25H21N7O3. The summed E-state index contributed by atoms with van der Waals surface area (Å²) in [5, 5.41) is 12.8. The van der Waals surface area contributed by atoms with Crippen molar-refractivity contribution in [1.82, 2.24) is 29.5 Å². The lowest BCUT2D eigenvalue weighted by Gasteiger charge is -2.11. The van der Waals surface area contributed by atoms with E-state index in [9.17, 15) is 4.79 Å². The maximum atomic E-state index is 13.0. The molecule has 0 fully saturated rings. The van der Waals surface area contributed by atoms with Crippen LogP contribution in [0.3, 0.4) is 0 Å². The standard InChI is InChI=1S/C25H21N7O3/c1-14-5-4-6-19(16(14)3)31-23-18(11-28-31)24(27-12-26-23)32-22(9-15(2)30-32)29-25(33)17-7-8-20-21(10-17)35-13-34-20/h4-12H,13H2,1-3H3,(H,29,33). The Hall–Kier alpha value is -4.73. The number of fused-ring (bicyclic) bond motifs is 2. The Labute approximate surface area is 200 Å². The molecule has 0 unspecified atom stereocenters. The first kappa shape index (κ1) is 20.8. The molecule has 1 N–H and O–H groups in total. The number of hydrogen-bond donors (Lipinski definition) is 1. The van der Waals surface area contributed by atoms with Crippen molar-refractivity contribution in [2.45, 2.75) is 20.8 Å². The summed E-state index contributed by atoms with van der Waals surface area (Å²) < 4.78 is 14.1. The highest BCUT2D eigenvalue weighted by Crippen LogP contribution is 2.33. The van der Waals surface area contributed by atoms with E-state index in [0.717, 1.165) is 22.5 Å². The van der Waals surface area contributed by atoms with Gasteiger partial charge in [-0.3, -0.25) is 4.79 Å². The number of carbonyl (C=O) groups is 1. The number of aromatic nitrogens is 6. The first-order valence-electron chi connectivity index (χ1n) is 11.0. The Morgan fingerprint density at radius 1 is 1.00 bits per heavy atom. The molecule has 10 nitrogen and oxygen atoms in total. The second-order valence-electron chi connectivity index (χ2n) is 8.31. The number of carbonyl (C=O) groups excluding carboxylic acids is 1. The summed E-state index contributed by atoms with van der Waals surface area (Å²) in [5.74, 6) is 1.84. The molecule has 1 aliphatic heterocycles. The zero-order chi connectivity index (χ0) is 24.1. The van der Waals surface area contributed by atoms with Gasteiger partial charge in [-0.15, -0.1) is 0 Å². The molecule has 0 atom stereocenters. The summed E-state index contributed by atoms with van der Waals surface area (Å²) in [4.78, 5) is 22.0. The maximum absolute atomic E-state index is 13.0. The molecule has 0 saturated carbocycles. The monoisotopic (exact) mass is 467 g/mol. The number of rotatable bonds is 4. The van der Waals surface area contributed by atoms with Gasteiger partial charge in [-0.1, -0.05) is 12.1 Å². The Bertz CT molecular complexity index is 1620. The van der Waals surface area contributed by atoms with Gasteiger partial charge < -0.3 is 14.8 Å². The fourth-order valence-corrected chi connectivity index (χ4v) is 4.12. The SMILES string of the molecule is Cc1cc(NC(=O)c2ccc3c(c2)OCO3)n(-c2ncnc3c2cnn3-c2cccc(C)c2C)n1. The van der Waals surface area contributed by atoms with Crippen LogP contribution in [0.25, 0.3) is 22.5 Å². The molecule has 10 heteroatoms. The molecule has 0 spiro atoms. The quantitative estimate of drug-likeness (QED) is 0.427.